The number of Topliss-reactive ketones (excluding diaryl/α,β-unsaturated/α-hetero) is 1. The zero-order valence-electron chi connectivity index (χ0n) is 22.8. The molecule has 1 saturated heterocycles. The fourth-order valence-electron chi connectivity index (χ4n) is 4.35. The molecule has 1 fully saturated rings. The van der Waals surface area contributed by atoms with E-state index < -0.39 is 0 Å². The minimum absolute atomic E-state index is 0.00983. The predicted octanol–water partition coefficient (Wildman–Crippen LogP) is 6.55. The lowest BCUT2D eigenvalue weighted by Gasteiger charge is -2.25. The number of anilines is 1. The van der Waals surface area contributed by atoms with Gasteiger partial charge in [0.1, 0.15) is 0 Å². The maximum absolute atomic E-state index is 13.1. The van der Waals surface area contributed by atoms with Crippen LogP contribution in [0.1, 0.15) is 32.7 Å². The van der Waals surface area contributed by atoms with Crippen molar-refractivity contribution >= 4 is 46.4 Å². The molecular weight excluding hydrogens is 539 g/mol. The van der Waals surface area contributed by atoms with Gasteiger partial charge in [-0.2, -0.15) is 23.5 Å². The first kappa shape index (κ1) is 30.1. The largest absolute Gasteiger partial charge is 0.378 e. The van der Waals surface area contributed by atoms with Gasteiger partial charge in [0.05, 0.1) is 26.4 Å². The summed E-state index contributed by atoms with van der Waals surface area (Å²) in [5.41, 5.74) is 4.00. The van der Waals surface area contributed by atoms with E-state index in [0.717, 1.165) is 66.1 Å². The third-order valence-corrected chi connectivity index (χ3v) is 8.39. The van der Waals surface area contributed by atoms with E-state index in [-0.39, 0.29) is 18.0 Å². The van der Waals surface area contributed by atoms with E-state index in [9.17, 15) is 9.59 Å². The molecule has 0 N–H and O–H groups in total. The Kier molecular flexibility index (Phi) is 12.9. The summed E-state index contributed by atoms with van der Waals surface area (Å²) in [6, 6.07) is 26.7. The first-order chi connectivity index (χ1) is 19.7. The van der Waals surface area contributed by atoms with Gasteiger partial charge in [0, 0.05) is 59.3 Å². The molecular formula is C33H37NO4S2. The number of hydrogen-bond acceptors (Lipinski definition) is 7. The van der Waals surface area contributed by atoms with Crippen LogP contribution in [0.2, 0.25) is 0 Å². The molecule has 3 aromatic carbocycles. The smallest absolute Gasteiger partial charge is 0.186 e. The van der Waals surface area contributed by atoms with Crippen molar-refractivity contribution in [1.82, 2.24) is 0 Å². The molecule has 0 radical (unpaired) electrons. The Hall–Kier alpha value is -2.84. The molecule has 0 atom stereocenters. The summed E-state index contributed by atoms with van der Waals surface area (Å²) < 4.78 is 11.3. The molecule has 210 valence electrons. The van der Waals surface area contributed by atoms with Crippen molar-refractivity contribution in [2.45, 2.75) is 6.42 Å². The summed E-state index contributed by atoms with van der Waals surface area (Å²) in [6.07, 6.45) is 1.77. The molecule has 0 amide bonds. The number of ether oxygens (including phenoxy) is 2. The standard InChI is InChI=1S/C33H37NO4S2/c35-32(28-7-3-1-4-8-28)25-30(26-33(36)29-9-5-2-6-10-29)27-11-13-31(14-12-27)34-15-21-39-23-19-37-17-18-38-20-24-40-22-16-34/h1-14,25H,15-24,26H2/b30-25+. The Bertz CT molecular complexity index is 1200. The van der Waals surface area contributed by atoms with E-state index in [1.807, 2.05) is 84.2 Å². The van der Waals surface area contributed by atoms with E-state index >= 15 is 0 Å². The van der Waals surface area contributed by atoms with E-state index in [0.29, 0.717) is 24.3 Å². The molecule has 7 heteroatoms. The summed E-state index contributed by atoms with van der Waals surface area (Å²) in [5, 5.41) is 0. The third-order valence-electron chi connectivity index (χ3n) is 6.54. The Labute approximate surface area is 246 Å². The highest BCUT2D eigenvalue weighted by Crippen LogP contribution is 2.25. The van der Waals surface area contributed by atoms with E-state index in [4.69, 9.17) is 9.47 Å². The molecule has 1 heterocycles. The maximum Gasteiger partial charge on any atom is 0.186 e. The average molecular weight is 576 g/mol. The lowest BCUT2D eigenvalue weighted by atomic mass is 9.95. The zero-order chi connectivity index (χ0) is 27.8. The van der Waals surface area contributed by atoms with Crippen molar-refractivity contribution in [2.75, 3.05) is 67.4 Å². The van der Waals surface area contributed by atoms with Gasteiger partial charge in [-0.05, 0) is 29.3 Å². The number of nitrogens with zero attached hydrogens (tertiary/aromatic N) is 1. The molecule has 0 bridgehead atoms. The van der Waals surface area contributed by atoms with Gasteiger partial charge in [0.2, 0.25) is 0 Å². The van der Waals surface area contributed by atoms with Crippen molar-refractivity contribution in [3.05, 3.63) is 108 Å². The SMILES string of the molecule is O=C(/C=C(\CC(=O)c1ccccc1)c1ccc(N2CCSCCOCCOCCSCC2)cc1)c1ccccc1. The fraction of sp³-hybridized carbons (Fsp3) is 0.333. The summed E-state index contributed by atoms with van der Waals surface area (Å²) in [4.78, 5) is 28.6. The van der Waals surface area contributed by atoms with Gasteiger partial charge < -0.3 is 14.4 Å². The fourth-order valence-corrected chi connectivity index (χ4v) is 5.93. The summed E-state index contributed by atoms with van der Waals surface area (Å²) in [5.74, 6) is 3.88. The maximum atomic E-state index is 13.1. The van der Waals surface area contributed by atoms with Crippen LogP contribution < -0.4 is 4.90 Å². The first-order valence-electron chi connectivity index (χ1n) is 13.8. The lowest BCUT2D eigenvalue weighted by molar-refractivity contribution is 0.0605. The second-order valence-corrected chi connectivity index (χ2v) is 11.8. The highest BCUT2D eigenvalue weighted by molar-refractivity contribution is 7.99. The number of thioether (sulfide) groups is 2. The average Bonchev–Trinajstić information content (AvgIpc) is 3.01. The number of carbonyl (C=O) groups is 2. The van der Waals surface area contributed by atoms with E-state index in [2.05, 4.69) is 17.0 Å². The monoisotopic (exact) mass is 575 g/mol. The quantitative estimate of drug-likeness (QED) is 0.234. The van der Waals surface area contributed by atoms with Crippen LogP contribution in [-0.4, -0.2) is 74.1 Å². The first-order valence-corrected chi connectivity index (χ1v) is 16.1. The second kappa shape index (κ2) is 17.1. The summed E-state index contributed by atoms with van der Waals surface area (Å²) in [6.45, 7) is 4.71. The van der Waals surface area contributed by atoms with Crippen molar-refractivity contribution in [3.8, 4) is 0 Å². The van der Waals surface area contributed by atoms with Crippen LogP contribution >= 0.6 is 23.5 Å². The van der Waals surface area contributed by atoms with Crippen LogP contribution in [0.4, 0.5) is 5.69 Å². The highest BCUT2D eigenvalue weighted by Gasteiger charge is 2.15. The van der Waals surface area contributed by atoms with Crippen LogP contribution in [0.15, 0.2) is 91.0 Å². The van der Waals surface area contributed by atoms with Crippen LogP contribution in [0, 0.1) is 0 Å². The molecule has 4 rings (SSSR count). The van der Waals surface area contributed by atoms with Gasteiger partial charge >= 0.3 is 0 Å². The van der Waals surface area contributed by atoms with Gasteiger partial charge in [0.25, 0.3) is 0 Å². The number of benzene rings is 3. The molecule has 0 spiro atoms. The van der Waals surface area contributed by atoms with Crippen molar-refractivity contribution < 1.29 is 19.1 Å². The van der Waals surface area contributed by atoms with Gasteiger partial charge in [-0.1, -0.05) is 72.8 Å². The number of carbonyl (C=O) groups excluding carboxylic acids is 2. The topological polar surface area (TPSA) is 55.8 Å². The van der Waals surface area contributed by atoms with Gasteiger partial charge in [-0.3, -0.25) is 9.59 Å². The number of hydrogen-bond donors (Lipinski definition) is 0. The molecule has 1 aliphatic heterocycles. The second-order valence-electron chi connectivity index (χ2n) is 9.35. The van der Waals surface area contributed by atoms with Gasteiger partial charge in [-0.25, -0.2) is 0 Å². The zero-order valence-corrected chi connectivity index (χ0v) is 24.5. The van der Waals surface area contributed by atoms with Crippen molar-refractivity contribution in [3.63, 3.8) is 0 Å². The van der Waals surface area contributed by atoms with E-state index in [1.54, 1.807) is 18.2 Å². The van der Waals surface area contributed by atoms with Crippen LogP contribution in [0.5, 0.6) is 0 Å². The minimum atomic E-state index is -0.104. The van der Waals surface area contributed by atoms with Crippen LogP contribution in [-0.2, 0) is 9.47 Å². The highest BCUT2D eigenvalue weighted by atomic mass is 32.2. The lowest BCUT2D eigenvalue weighted by Crippen LogP contribution is -2.28. The van der Waals surface area contributed by atoms with Crippen LogP contribution in [0.3, 0.4) is 0 Å². The minimum Gasteiger partial charge on any atom is -0.378 e. The Balaban J connectivity index is 1.51. The molecule has 0 aliphatic carbocycles. The van der Waals surface area contributed by atoms with Crippen LogP contribution in [0.25, 0.3) is 5.57 Å². The van der Waals surface area contributed by atoms with Crippen molar-refractivity contribution in [2.24, 2.45) is 0 Å². The Morgan fingerprint density at radius 1 is 0.650 bits per heavy atom. The van der Waals surface area contributed by atoms with Crippen molar-refractivity contribution in [1.29, 1.82) is 0 Å². The molecule has 1 aliphatic rings. The molecule has 5 nitrogen and oxygen atoms in total. The Morgan fingerprint density at radius 2 is 1.20 bits per heavy atom. The number of ketones is 2. The van der Waals surface area contributed by atoms with Gasteiger partial charge in [-0.15, -0.1) is 0 Å². The Morgan fingerprint density at radius 3 is 1.77 bits per heavy atom. The molecule has 40 heavy (non-hydrogen) atoms. The number of allylic oxidation sites excluding steroid dienone is 2. The van der Waals surface area contributed by atoms with Gasteiger partial charge in [0.15, 0.2) is 11.6 Å². The predicted molar refractivity (Wildman–Crippen MR) is 169 cm³/mol. The molecule has 0 unspecified atom stereocenters. The molecule has 0 saturated carbocycles. The molecule has 0 aromatic heterocycles. The summed E-state index contributed by atoms with van der Waals surface area (Å²) >= 11 is 3.80. The summed E-state index contributed by atoms with van der Waals surface area (Å²) in [7, 11) is 0. The molecule has 3 aromatic rings. The van der Waals surface area contributed by atoms with E-state index in [1.165, 1.54) is 0 Å². The third kappa shape index (κ3) is 9.97. The number of rotatable bonds is 7. The normalized spacial score (nSPS) is 16.5.